The molecule has 0 bridgehead atoms. The van der Waals surface area contributed by atoms with Crippen LogP contribution >= 0.6 is 11.6 Å². The van der Waals surface area contributed by atoms with E-state index in [0.29, 0.717) is 10.7 Å². The first-order valence-electron chi connectivity index (χ1n) is 7.54. The third-order valence-corrected chi connectivity index (χ3v) is 4.95. The molecule has 1 N–H and O–H groups in total. The van der Waals surface area contributed by atoms with E-state index in [0.717, 1.165) is 16.6 Å². The number of nitrogens with one attached hydrogen (secondary N) is 1. The lowest BCUT2D eigenvalue weighted by molar-refractivity contribution is -0.117. The Kier molecular flexibility index (Phi) is 6.02. The van der Waals surface area contributed by atoms with Crippen molar-refractivity contribution in [2.45, 2.75) is 19.4 Å². The van der Waals surface area contributed by atoms with E-state index in [2.05, 4.69) is 5.32 Å². The zero-order valence-electron chi connectivity index (χ0n) is 13.7. The van der Waals surface area contributed by atoms with Gasteiger partial charge in [0.2, 0.25) is 15.9 Å². The molecule has 134 valence electrons. The number of halogens is 2. The molecule has 0 heterocycles. The summed E-state index contributed by atoms with van der Waals surface area (Å²) in [7, 11) is -3.88. The topological polar surface area (TPSA) is 66.5 Å². The van der Waals surface area contributed by atoms with Crippen LogP contribution in [-0.4, -0.2) is 26.6 Å². The van der Waals surface area contributed by atoms with E-state index >= 15 is 0 Å². The van der Waals surface area contributed by atoms with Gasteiger partial charge in [0.15, 0.2) is 0 Å². The molecule has 0 saturated carbocycles. The van der Waals surface area contributed by atoms with Crippen molar-refractivity contribution in [2.24, 2.45) is 0 Å². The number of rotatable bonds is 6. The fourth-order valence-corrected chi connectivity index (χ4v) is 3.76. The SMILES string of the molecule is CC[C@@H](C(=O)Nc1ccc(Cl)cc1)N(c1ccccc1F)S(C)(=O)=O. The van der Waals surface area contributed by atoms with Gasteiger partial charge in [-0.1, -0.05) is 30.7 Å². The van der Waals surface area contributed by atoms with Crippen molar-refractivity contribution in [3.63, 3.8) is 0 Å². The van der Waals surface area contributed by atoms with E-state index in [1.165, 1.54) is 18.2 Å². The largest absolute Gasteiger partial charge is 0.324 e. The Morgan fingerprint density at radius 1 is 1.20 bits per heavy atom. The summed E-state index contributed by atoms with van der Waals surface area (Å²) in [6.07, 6.45) is 1.11. The molecule has 0 aromatic heterocycles. The Labute approximate surface area is 151 Å². The van der Waals surface area contributed by atoms with Gasteiger partial charge in [0, 0.05) is 10.7 Å². The minimum atomic E-state index is -3.88. The van der Waals surface area contributed by atoms with Gasteiger partial charge in [0.25, 0.3) is 0 Å². The van der Waals surface area contributed by atoms with Crippen LogP contribution in [0.5, 0.6) is 0 Å². The van der Waals surface area contributed by atoms with Gasteiger partial charge in [0.05, 0.1) is 11.9 Å². The number of hydrogen-bond donors (Lipinski definition) is 1. The first-order valence-corrected chi connectivity index (χ1v) is 9.77. The van der Waals surface area contributed by atoms with Gasteiger partial charge in [-0.25, -0.2) is 12.8 Å². The van der Waals surface area contributed by atoms with Crippen LogP contribution in [0.2, 0.25) is 5.02 Å². The second-order valence-electron chi connectivity index (χ2n) is 5.43. The van der Waals surface area contributed by atoms with Gasteiger partial charge in [-0.3, -0.25) is 9.10 Å². The maximum absolute atomic E-state index is 14.1. The molecular weight excluding hydrogens is 367 g/mol. The Hall–Kier alpha value is -2.12. The highest BCUT2D eigenvalue weighted by molar-refractivity contribution is 7.92. The van der Waals surface area contributed by atoms with Gasteiger partial charge in [-0.15, -0.1) is 0 Å². The Bertz CT molecular complexity index is 856. The molecule has 25 heavy (non-hydrogen) atoms. The van der Waals surface area contributed by atoms with Gasteiger partial charge < -0.3 is 5.32 Å². The van der Waals surface area contributed by atoms with E-state index in [-0.39, 0.29) is 12.1 Å². The normalized spacial score (nSPS) is 12.5. The molecular formula is C17H18ClFN2O3S. The molecule has 0 unspecified atom stereocenters. The predicted octanol–water partition coefficient (Wildman–Crippen LogP) is 3.66. The number of hydrogen-bond acceptors (Lipinski definition) is 3. The van der Waals surface area contributed by atoms with Crippen LogP contribution in [0.1, 0.15) is 13.3 Å². The molecule has 2 aromatic carbocycles. The van der Waals surface area contributed by atoms with Crippen LogP contribution in [0.15, 0.2) is 48.5 Å². The number of benzene rings is 2. The fourth-order valence-electron chi connectivity index (χ4n) is 2.42. The summed E-state index contributed by atoms with van der Waals surface area (Å²) in [4.78, 5) is 12.6. The minimum Gasteiger partial charge on any atom is -0.324 e. The number of amides is 1. The maximum atomic E-state index is 14.1. The second-order valence-corrected chi connectivity index (χ2v) is 7.73. The molecule has 0 fully saturated rings. The number of anilines is 2. The van der Waals surface area contributed by atoms with Crippen LogP contribution in [0, 0.1) is 5.82 Å². The lowest BCUT2D eigenvalue weighted by Gasteiger charge is -2.30. The van der Waals surface area contributed by atoms with Crippen molar-refractivity contribution < 1.29 is 17.6 Å². The van der Waals surface area contributed by atoms with Crippen molar-refractivity contribution in [1.82, 2.24) is 0 Å². The summed E-state index contributed by atoms with van der Waals surface area (Å²) in [6, 6.07) is 10.7. The summed E-state index contributed by atoms with van der Waals surface area (Å²) < 4.78 is 39.5. The van der Waals surface area contributed by atoms with Crippen molar-refractivity contribution in [3.05, 3.63) is 59.4 Å². The van der Waals surface area contributed by atoms with Crippen LogP contribution in [0.4, 0.5) is 15.8 Å². The third kappa shape index (κ3) is 4.70. The van der Waals surface area contributed by atoms with Crippen LogP contribution < -0.4 is 9.62 Å². The third-order valence-electron chi connectivity index (χ3n) is 3.53. The van der Waals surface area contributed by atoms with E-state index in [1.54, 1.807) is 31.2 Å². The number of sulfonamides is 1. The van der Waals surface area contributed by atoms with Gasteiger partial charge in [-0.05, 0) is 42.8 Å². The highest BCUT2D eigenvalue weighted by Gasteiger charge is 2.33. The quantitative estimate of drug-likeness (QED) is 0.826. The minimum absolute atomic E-state index is 0.164. The molecule has 5 nitrogen and oxygen atoms in total. The van der Waals surface area contributed by atoms with E-state index in [4.69, 9.17) is 11.6 Å². The van der Waals surface area contributed by atoms with Crippen LogP contribution in [0.25, 0.3) is 0 Å². The number of nitrogens with zero attached hydrogens (tertiary/aromatic N) is 1. The zero-order valence-corrected chi connectivity index (χ0v) is 15.3. The standard InChI is InChI=1S/C17H18ClFN2O3S/c1-3-15(17(22)20-13-10-8-12(18)9-11-13)21(25(2,23)24)16-7-5-4-6-14(16)19/h4-11,15H,3H2,1-2H3,(H,20,22)/t15-/m0/s1. The Morgan fingerprint density at radius 2 is 1.80 bits per heavy atom. The lowest BCUT2D eigenvalue weighted by atomic mass is 10.1. The van der Waals surface area contributed by atoms with Gasteiger partial charge >= 0.3 is 0 Å². The zero-order chi connectivity index (χ0) is 18.6. The van der Waals surface area contributed by atoms with Crippen LogP contribution in [-0.2, 0) is 14.8 Å². The van der Waals surface area contributed by atoms with E-state index in [9.17, 15) is 17.6 Å². The van der Waals surface area contributed by atoms with Crippen LogP contribution in [0.3, 0.4) is 0 Å². The smallest absolute Gasteiger partial charge is 0.248 e. The average Bonchev–Trinajstić information content (AvgIpc) is 2.54. The fraction of sp³-hybridized carbons (Fsp3) is 0.235. The molecule has 0 aliphatic rings. The number of para-hydroxylation sites is 1. The summed E-state index contributed by atoms with van der Waals surface area (Å²) in [5, 5.41) is 3.14. The molecule has 1 atom stereocenters. The highest BCUT2D eigenvalue weighted by Crippen LogP contribution is 2.26. The molecule has 1 amide bonds. The number of carbonyl (C=O) groups excluding carboxylic acids is 1. The summed E-state index contributed by atoms with van der Waals surface area (Å²) in [5.41, 5.74) is 0.304. The predicted molar refractivity (Wildman–Crippen MR) is 97.9 cm³/mol. The van der Waals surface area contributed by atoms with E-state index in [1.807, 2.05) is 0 Å². The van der Waals surface area contributed by atoms with Crippen molar-refractivity contribution in [1.29, 1.82) is 0 Å². The molecule has 2 rings (SSSR count). The molecule has 0 spiro atoms. The highest BCUT2D eigenvalue weighted by atomic mass is 35.5. The van der Waals surface area contributed by atoms with E-state index < -0.39 is 27.8 Å². The molecule has 0 saturated heterocycles. The summed E-state index contributed by atoms with van der Waals surface area (Å²) in [6.45, 7) is 1.66. The molecule has 8 heteroatoms. The first kappa shape index (κ1) is 19.2. The summed E-state index contributed by atoms with van der Waals surface area (Å²) in [5.74, 6) is -1.27. The van der Waals surface area contributed by atoms with Crippen molar-refractivity contribution in [3.8, 4) is 0 Å². The first-order chi connectivity index (χ1) is 11.7. The molecule has 0 aliphatic heterocycles. The molecule has 2 aromatic rings. The number of carbonyl (C=O) groups is 1. The van der Waals surface area contributed by atoms with Gasteiger partial charge in [-0.2, -0.15) is 0 Å². The van der Waals surface area contributed by atoms with Gasteiger partial charge in [0.1, 0.15) is 11.9 Å². The molecule has 0 radical (unpaired) electrons. The lowest BCUT2D eigenvalue weighted by Crippen LogP contribution is -2.47. The van der Waals surface area contributed by atoms with Crippen molar-refractivity contribution >= 4 is 38.9 Å². The Morgan fingerprint density at radius 3 is 2.32 bits per heavy atom. The monoisotopic (exact) mass is 384 g/mol. The molecule has 0 aliphatic carbocycles. The summed E-state index contributed by atoms with van der Waals surface area (Å²) >= 11 is 5.80. The Balaban J connectivity index is 2.38. The maximum Gasteiger partial charge on any atom is 0.248 e. The average molecular weight is 385 g/mol. The van der Waals surface area contributed by atoms with Crippen molar-refractivity contribution in [2.75, 3.05) is 15.9 Å². The second kappa shape index (κ2) is 7.84.